The van der Waals surface area contributed by atoms with E-state index in [1.54, 1.807) is 4.42 Å². The van der Waals surface area contributed by atoms with Crippen LogP contribution in [0.1, 0.15) is 18.4 Å². The van der Waals surface area contributed by atoms with Gasteiger partial charge in [0.2, 0.25) is 0 Å². The summed E-state index contributed by atoms with van der Waals surface area (Å²) in [5.41, 5.74) is 0.287. The van der Waals surface area contributed by atoms with Gasteiger partial charge in [0.15, 0.2) is 0 Å². The minimum atomic E-state index is -0.753. The summed E-state index contributed by atoms with van der Waals surface area (Å²) < 4.78 is 8.48. The predicted octanol–water partition coefficient (Wildman–Crippen LogP) is 3.92. The van der Waals surface area contributed by atoms with Crippen molar-refractivity contribution in [3.63, 3.8) is 0 Å². The molecule has 0 spiro atoms. The summed E-state index contributed by atoms with van der Waals surface area (Å²) in [6, 6.07) is 5.96. The highest BCUT2D eigenvalue weighted by Crippen LogP contribution is 2.36. The van der Waals surface area contributed by atoms with Crippen LogP contribution in [0.15, 0.2) is 27.1 Å². The lowest BCUT2D eigenvalue weighted by Gasteiger charge is -2.31. The first-order chi connectivity index (χ1) is 8.98. The van der Waals surface area contributed by atoms with Crippen molar-refractivity contribution in [3.8, 4) is 0 Å². The van der Waals surface area contributed by atoms with E-state index in [9.17, 15) is 4.79 Å². The third-order valence-corrected chi connectivity index (χ3v) is 4.80. The molecule has 104 valence electrons. The van der Waals surface area contributed by atoms with Crippen molar-refractivity contribution >= 4 is 49.6 Å². The quantitative estimate of drug-likeness (QED) is 0.558. The van der Waals surface area contributed by atoms with Crippen molar-refractivity contribution in [2.24, 2.45) is 0 Å². The van der Waals surface area contributed by atoms with Crippen molar-refractivity contribution in [2.45, 2.75) is 24.8 Å². The molecule has 1 aliphatic rings. The summed E-state index contributed by atoms with van der Waals surface area (Å²) in [4.78, 5) is 12.1. The molecule has 1 saturated heterocycles. The van der Waals surface area contributed by atoms with Crippen LogP contribution >= 0.6 is 43.6 Å². The summed E-state index contributed by atoms with van der Waals surface area (Å²) in [6.45, 7) is 0.700. The van der Waals surface area contributed by atoms with E-state index in [-0.39, 0.29) is 5.97 Å². The van der Waals surface area contributed by atoms with Gasteiger partial charge in [-0.25, -0.2) is 9.21 Å². The predicted molar refractivity (Wildman–Crippen MR) is 82.1 cm³/mol. The van der Waals surface area contributed by atoms with Crippen LogP contribution < -0.4 is 0 Å². The molecule has 6 heteroatoms. The molecule has 1 aromatic rings. The fourth-order valence-corrected chi connectivity index (χ4v) is 4.26. The number of methoxy groups -OCH3 is 1. The summed E-state index contributed by atoms with van der Waals surface area (Å²) >= 11 is 13.2. The summed E-state index contributed by atoms with van der Waals surface area (Å²) in [7, 11) is 1.41. The number of hydrogen-bond donors (Lipinski definition) is 0. The van der Waals surface area contributed by atoms with Gasteiger partial charge in [-0.2, -0.15) is 0 Å². The molecule has 1 unspecified atom stereocenters. The van der Waals surface area contributed by atoms with Crippen molar-refractivity contribution < 1.29 is 9.53 Å². The highest BCUT2D eigenvalue weighted by molar-refractivity contribution is 9.11. The number of ether oxygens (including phenoxy) is 1. The zero-order valence-corrected chi connectivity index (χ0v) is 14.4. The Morgan fingerprint density at radius 3 is 2.53 bits per heavy atom. The Morgan fingerprint density at radius 1 is 1.42 bits per heavy atom. The Morgan fingerprint density at radius 2 is 2.05 bits per heavy atom. The second-order valence-electron chi connectivity index (χ2n) is 4.67. The average Bonchev–Trinajstić information content (AvgIpc) is 2.69. The second kappa shape index (κ2) is 6.12. The molecular weight excluding hydrogens is 397 g/mol. The van der Waals surface area contributed by atoms with Gasteiger partial charge in [-0.05, 0) is 48.4 Å². The number of nitrogens with zero attached hydrogens (tertiary/aromatic N) is 1. The van der Waals surface area contributed by atoms with Crippen molar-refractivity contribution in [1.29, 1.82) is 0 Å². The van der Waals surface area contributed by atoms with Gasteiger partial charge in [0.1, 0.15) is 5.54 Å². The molecule has 3 nitrogen and oxygen atoms in total. The van der Waals surface area contributed by atoms with Gasteiger partial charge >= 0.3 is 5.97 Å². The van der Waals surface area contributed by atoms with Crippen LogP contribution in [0.5, 0.6) is 0 Å². The fraction of sp³-hybridized carbons (Fsp3) is 0.462. The van der Waals surface area contributed by atoms with Crippen LogP contribution in [0.4, 0.5) is 0 Å². The Balaban J connectivity index is 2.33. The Kier molecular flexibility index (Phi) is 4.93. The van der Waals surface area contributed by atoms with Gasteiger partial charge in [-0.3, -0.25) is 0 Å². The maximum atomic E-state index is 12.1. The van der Waals surface area contributed by atoms with E-state index in [1.807, 2.05) is 18.2 Å². The van der Waals surface area contributed by atoms with Crippen molar-refractivity contribution in [1.82, 2.24) is 4.42 Å². The largest absolute Gasteiger partial charge is 0.468 e. The van der Waals surface area contributed by atoms with Crippen molar-refractivity contribution in [3.05, 3.63) is 32.7 Å². The summed E-state index contributed by atoms with van der Waals surface area (Å²) in [6.07, 6.45) is 2.16. The molecule has 1 atom stereocenters. The standard InChI is InChI=1S/C13H14Br2ClNO2/c1-19-12(18)13(3-2-4-17(13)16)8-9-5-10(14)7-11(15)6-9/h5-7H,2-4,8H2,1H3. The number of benzene rings is 1. The number of halogens is 3. The highest BCUT2D eigenvalue weighted by atomic mass is 79.9. The van der Waals surface area contributed by atoms with Crippen LogP contribution in [0.2, 0.25) is 0 Å². The zero-order chi connectivity index (χ0) is 14.0. The third kappa shape index (κ3) is 3.15. The van der Waals surface area contributed by atoms with Gasteiger partial charge in [0, 0.05) is 21.9 Å². The van der Waals surface area contributed by atoms with Gasteiger partial charge in [-0.1, -0.05) is 31.9 Å². The molecule has 0 aromatic heterocycles. The second-order valence-corrected chi connectivity index (χ2v) is 6.91. The molecule has 0 saturated carbocycles. The molecule has 19 heavy (non-hydrogen) atoms. The van der Waals surface area contributed by atoms with Gasteiger partial charge < -0.3 is 4.74 Å². The molecular formula is C13H14Br2ClNO2. The number of esters is 1. The van der Waals surface area contributed by atoms with Crippen LogP contribution in [0.3, 0.4) is 0 Å². The average molecular weight is 412 g/mol. The Hall–Kier alpha value is -0.100. The summed E-state index contributed by atoms with van der Waals surface area (Å²) in [5.74, 6) is -0.268. The van der Waals surface area contributed by atoms with Crippen LogP contribution in [0.25, 0.3) is 0 Å². The lowest BCUT2D eigenvalue weighted by atomic mass is 9.89. The maximum absolute atomic E-state index is 12.1. The molecule has 1 aromatic carbocycles. The molecule has 2 rings (SSSR count). The third-order valence-electron chi connectivity index (χ3n) is 3.39. The number of carbonyl (C=O) groups excluding carboxylic acids is 1. The Labute approximate surface area is 134 Å². The molecule has 0 amide bonds. The first kappa shape index (κ1) is 15.3. The fourth-order valence-electron chi connectivity index (χ4n) is 2.53. The first-order valence-corrected chi connectivity index (χ1v) is 7.87. The first-order valence-electron chi connectivity index (χ1n) is 5.95. The van der Waals surface area contributed by atoms with Gasteiger partial charge in [0.05, 0.1) is 7.11 Å². The SMILES string of the molecule is COC(=O)C1(Cc2cc(Br)cc(Br)c2)CCCN1Cl. The van der Waals surface area contributed by atoms with Gasteiger partial charge in [-0.15, -0.1) is 0 Å². The summed E-state index contributed by atoms with van der Waals surface area (Å²) in [5, 5.41) is 0. The highest BCUT2D eigenvalue weighted by Gasteiger charge is 2.48. The van der Waals surface area contributed by atoms with E-state index in [2.05, 4.69) is 31.9 Å². The smallest absolute Gasteiger partial charge is 0.327 e. The van der Waals surface area contributed by atoms with E-state index >= 15 is 0 Å². The number of rotatable bonds is 3. The molecule has 0 aliphatic carbocycles. The monoisotopic (exact) mass is 409 g/mol. The van der Waals surface area contributed by atoms with Crippen LogP contribution in [-0.4, -0.2) is 29.6 Å². The van der Waals surface area contributed by atoms with E-state index in [0.29, 0.717) is 19.4 Å². The number of hydrogen-bond acceptors (Lipinski definition) is 3. The molecule has 0 radical (unpaired) electrons. The van der Waals surface area contributed by atoms with Crippen LogP contribution in [0, 0.1) is 0 Å². The van der Waals surface area contributed by atoms with Crippen LogP contribution in [-0.2, 0) is 16.0 Å². The molecule has 1 heterocycles. The minimum absolute atomic E-state index is 0.268. The molecule has 1 fully saturated rings. The molecule has 0 N–H and O–H groups in total. The Bertz CT molecular complexity index is 477. The topological polar surface area (TPSA) is 29.5 Å². The molecule has 0 bridgehead atoms. The van der Waals surface area contributed by atoms with E-state index in [1.165, 1.54) is 7.11 Å². The van der Waals surface area contributed by atoms with E-state index in [4.69, 9.17) is 16.5 Å². The van der Waals surface area contributed by atoms with E-state index in [0.717, 1.165) is 20.9 Å². The van der Waals surface area contributed by atoms with Crippen molar-refractivity contribution in [2.75, 3.05) is 13.7 Å². The zero-order valence-electron chi connectivity index (χ0n) is 10.5. The van der Waals surface area contributed by atoms with Gasteiger partial charge in [0.25, 0.3) is 0 Å². The van der Waals surface area contributed by atoms with E-state index < -0.39 is 5.54 Å². The molecule has 1 aliphatic heterocycles. The lowest BCUT2D eigenvalue weighted by molar-refractivity contribution is -0.150. The lowest BCUT2D eigenvalue weighted by Crippen LogP contribution is -2.48. The number of carbonyl (C=O) groups is 1. The minimum Gasteiger partial charge on any atom is -0.468 e. The maximum Gasteiger partial charge on any atom is 0.327 e. The normalized spacial score (nSPS) is 23.6.